The van der Waals surface area contributed by atoms with Crippen LogP contribution in [-0.4, -0.2) is 0 Å². The lowest BCUT2D eigenvalue weighted by Crippen LogP contribution is -2.28. The SMILES string of the molecule is Cc1ccc(C(Cc2ccc(C(C)C)cc2)NN)s1. The van der Waals surface area contributed by atoms with Gasteiger partial charge in [-0.15, -0.1) is 11.3 Å². The molecule has 19 heavy (non-hydrogen) atoms. The molecular weight excluding hydrogens is 252 g/mol. The van der Waals surface area contributed by atoms with Gasteiger partial charge in [-0.25, -0.2) is 0 Å². The van der Waals surface area contributed by atoms with Crippen LogP contribution in [0.5, 0.6) is 0 Å². The van der Waals surface area contributed by atoms with E-state index in [-0.39, 0.29) is 6.04 Å². The molecule has 0 radical (unpaired) electrons. The van der Waals surface area contributed by atoms with Gasteiger partial charge in [-0.1, -0.05) is 38.1 Å². The predicted octanol–water partition coefficient (Wildman–Crippen LogP) is 3.93. The number of benzene rings is 1. The summed E-state index contributed by atoms with van der Waals surface area (Å²) in [6.07, 6.45) is 0.925. The van der Waals surface area contributed by atoms with Gasteiger partial charge in [0.15, 0.2) is 0 Å². The Balaban J connectivity index is 2.10. The van der Waals surface area contributed by atoms with Crippen LogP contribution >= 0.6 is 11.3 Å². The van der Waals surface area contributed by atoms with E-state index in [0.29, 0.717) is 5.92 Å². The number of aryl methyl sites for hydroxylation is 1. The number of hydrogen-bond donors (Lipinski definition) is 2. The highest BCUT2D eigenvalue weighted by Gasteiger charge is 2.12. The van der Waals surface area contributed by atoms with Gasteiger partial charge in [0.25, 0.3) is 0 Å². The first-order valence-corrected chi connectivity index (χ1v) is 7.53. The Hall–Kier alpha value is -1.16. The van der Waals surface area contributed by atoms with Crippen LogP contribution in [0.15, 0.2) is 36.4 Å². The zero-order valence-corrected chi connectivity index (χ0v) is 12.6. The van der Waals surface area contributed by atoms with Crippen molar-refractivity contribution in [2.75, 3.05) is 0 Å². The molecule has 0 saturated heterocycles. The van der Waals surface area contributed by atoms with Crippen LogP contribution in [0, 0.1) is 6.92 Å². The highest BCUT2D eigenvalue weighted by atomic mass is 32.1. The van der Waals surface area contributed by atoms with Crippen LogP contribution < -0.4 is 11.3 Å². The van der Waals surface area contributed by atoms with Crippen molar-refractivity contribution in [3.8, 4) is 0 Å². The van der Waals surface area contributed by atoms with Crippen molar-refractivity contribution in [3.05, 3.63) is 57.3 Å². The third-order valence-electron chi connectivity index (χ3n) is 3.39. The fourth-order valence-electron chi connectivity index (χ4n) is 2.16. The van der Waals surface area contributed by atoms with Crippen molar-refractivity contribution >= 4 is 11.3 Å². The molecule has 0 amide bonds. The molecule has 0 aliphatic heterocycles. The summed E-state index contributed by atoms with van der Waals surface area (Å²) >= 11 is 1.81. The van der Waals surface area contributed by atoms with Gasteiger partial charge >= 0.3 is 0 Å². The highest BCUT2D eigenvalue weighted by molar-refractivity contribution is 7.12. The van der Waals surface area contributed by atoms with Gasteiger partial charge in [0.2, 0.25) is 0 Å². The summed E-state index contributed by atoms with van der Waals surface area (Å²) < 4.78 is 0. The molecule has 2 aromatic rings. The van der Waals surface area contributed by atoms with E-state index in [2.05, 4.69) is 62.6 Å². The van der Waals surface area contributed by atoms with Crippen molar-refractivity contribution in [2.45, 2.75) is 39.2 Å². The Morgan fingerprint density at radius 1 is 1.11 bits per heavy atom. The average Bonchev–Trinajstić information content (AvgIpc) is 2.83. The molecule has 0 saturated carbocycles. The standard InChI is InChI=1S/C16H22N2S/c1-11(2)14-7-5-13(6-8-14)10-15(18-17)16-9-4-12(3)19-16/h4-9,11,15,18H,10,17H2,1-3H3. The number of hydrazine groups is 1. The Bertz CT molecular complexity index is 514. The van der Waals surface area contributed by atoms with E-state index < -0.39 is 0 Å². The fourth-order valence-corrected chi connectivity index (χ4v) is 3.09. The predicted molar refractivity (Wildman–Crippen MR) is 83.4 cm³/mol. The lowest BCUT2D eigenvalue weighted by Gasteiger charge is -2.15. The third-order valence-corrected chi connectivity index (χ3v) is 4.51. The molecule has 102 valence electrons. The molecule has 2 rings (SSSR count). The van der Waals surface area contributed by atoms with E-state index in [1.54, 1.807) is 11.3 Å². The first-order chi connectivity index (χ1) is 9.10. The molecule has 1 aromatic carbocycles. The molecule has 1 heterocycles. The molecule has 2 nitrogen and oxygen atoms in total. The molecule has 3 heteroatoms. The second-order valence-electron chi connectivity index (χ2n) is 5.27. The fraction of sp³-hybridized carbons (Fsp3) is 0.375. The number of hydrogen-bond acceptors (Lipinski definition) is 3. The molecule has 0 aliphatic rings. The summed E-state index contributed by atoms with van der Waals surface area (Å²) in [6.45, 7) is 6.56. The third kappa shape index (κ3) is 3.66. The molecule has 1 unspecified atom stereocenters. The monoisotopic (exact) mass is 274 g/mol. The highest BCUT2D eigenvalue weighted by Crippen LogP contribution is 2.25. The molecular formula is C16H22N2S. The number of nitrogens with two attached hydrogens (primary N) is 1. The van der Waals surface area contributed by atoms with E-state index in [1.807, 2.05) is 0 Å². The topological polar surface area (TPSA) is 38.0 Å². The van der Waals surface area contributed by atoms with Crippen molar-refractivity contribution in [2.24, 2.45) is 5.84 Å². The summed E-state index contributed by atoms with van der Waals surface area (Å²) in [5, 5.41) is 0. The Labute approximate surface area is 119 Å². The number of rotatable bonds is 5. The molecule has 0 bridgehead atoms. The minimum atomic E-state index is 0.198. The van der Waals surface area contributed by atoms with Gasteiger partial charge in [-0.2, -0.15) is 0 Å². The number of thiophene rings is 1. The zero-order valence-electron chi connectivity index (χ0n) is 11.8. The van der Waals surface area contributed by atoms with Crippen LogP contribution in [0.4, 0.5) is 0 Å². The van der Waals surface area contributed by atoms with Crippen molar-refractivity contribution in [1.29, 1.82) is 0 Å². The maximum absolute atomic E-state index is 5.70. The van der Waals surface area contributed by atoms with E-state index in [9.17, 15) is 0 Å². The van der Waals surface area contributed by atoms with Gasteiger partial charge in [-0.3, -0.25) is 11.3 Å². The van der Waals surface area contributed by atoms with Gasteiger partial charge in [-0.05, 0) is 42.5 Å². The average molecular weight is 274 g/mol. The smallest absolute Gasteiger partial charge is 0.0593 e. The molecule has 0 fully saturated rings. The van der Waals surface area contributed by atoms with Gasteiger partial charge in [0, 0.05) is 9.75 Å². The van der Waals surface area contributed by atoms with E-state index in [1.165, 1.54) is 20.9 Å². The van der Waals surface area contributed by atoms with Crippen molar-refractivity contribution in [1.82, 2.24) is 5.43 Å². The van der Waals surface area contributed by atoms with Gasteiger partial charge < -0.3 is 0 Å². The van der Waals surface area contributed by atoms with Crippen LogP contribution in [0.1, 0.15) is 46.7 Å². The second-order valence-corrected chi connectivity index (χ2v) is 6.59. The van der Waals surface area contributed by atoms with Crippen molar-refractivity contribution in [3.63, 3.8) is 0 Å². The first-order valence-electron chi connectivity index (χ1n) is 6.71. The van der Waals surface area contributed by atoms with Crippen LogP contribution in [-0.2, 0) is 6.42 Å². The van der Waals surface area contributed by atoms with Gasteiger partial charge in [0.1, 0.15) is 0 Å². The zero-order chi connectivity index (χ0) is 13.8. The Kier molecular flexibility index (Phi) is 4.75. The largest absolute Gasteiger partial charge is 0.271 e. The molecule has 3 N–H and O–H groups in total. The lowest BCUT2D eigenvalue weighted by molar-refractivity contribution is 0.560. The van der Waals surface area contributed by atoms with Gasteiger partial charge in [0.05, 0.1) is 6.04 Å². The van der Waals surface area contributed by atoms with E-state index >= 15 is 0 Å². The Morgan fingerprint density at radius 2 is 1.79 bits per heavy atom. The molecule has 0 spiro atoms. The summed E-state index contributed by atoms with van der Waals surface area (Å²) in [5.41, 5.74) is 5.63. The molecule has 1 aromatic heterocycles. The summed E-state index contributed by atoms with van der Waals surface area (Å²) in [6, 6.07) is 13.4. The maximum Gasteiger partial charge on any atom is 0.0593 e. The summed E-state index contributed by atoms with van der Waals surface area (Å²) in [5.74, 6) is 6.28. The lowest BCUT2D eigenvalue weighted by atomic mass is 9.99. The normalized spacial score (nSPS) is 12.9. The van der Waals surface area contributed by atoms with E-state index in [4.69, 9.17) is 5.84 Å². The van der Waals surface area contributed by atoms with Crippen LogP contribution in [0.3, 0.4) is 0 Å². The second kappa shape index (κ2) is 6.33. The summed E-state index contributed by atoms with van der Waals surface area (Å²) in [7, 11) is 0. The molecule has 1 atom stereocenters. The Morgan fingerprint density at radius 3 is 2.26 bits per heavy atom. The molecule has 0 aliphatic carbocycles. The summed E-state index contributed by atoms with van der Waals surface area (Å²) in [4.78, 5) is 2.62. The van der Waals surface area contributed by atoms with Crippen molar-refractivity contribution < 1.29 is 0 Å². The maximum atomic E-state index is 5.70. The first kappa shape index (κ1) is 14.3. The van der Waals surface area contributed by atoms with Crippen LogP contribution in [0.25, 0.3) is 0 Å². The van der Waals surface area contributed by atoms with Crippen LogP contribution in [0.2, 0.25) is 0 Å². The number of nitrogens with one attached hydrogen (secondary N) is 1. The minimum absolute atomic E-state index is 0.198. The van der Waals surface area contributed by atoms with E-state index in [0.717, 1.165) is 6.42 Å². The minimum Gasteiger partial charge on any atom is -0.271 e. The quantitative estimate of drug-likeness (QED) is 0.640.